The Morgan fingerprint density at radius 3 is 2.21 bits per heavy atom. The number of hydrogen-bond acceptors (Lipinski definition) is 5. The Balaban J connectivity index is 1.80. The van der Waals surface area contributed by atoms with Crippen molar-refractivity contribution < 1.29 is 32.6 Å². The van der Waals surface area contributed by atoms with Gasteiger partial charge in [0.05, 0.1) is 5.56 Å². The van der Waals surface area contributed by atoms with Gasteiger partial charge in [0, 0.05) is 12.2 Å². The number of nitrogens with two attached hydrogens (primary N) is 1. The number of anilines is 1. The number of benzene rings is 2. The summed E-state index contributed by atoms with van der Waals surface area (Å²) in [5.41, 5.74) is 6.25. The summed E-state index contributed by atoms with van der Waals surface area (Å²) >= 11 is 0. The lowest BCUT2D eigenvalue weighted by Gasteiger charge is -2.08. The molecule has 4 N–H and O–H groups in total. The van der Waals surface area contributed by atoms with Gasteiger partial charge in [-0.1, -0.05) is 12.1 Å². The molecule has 148 valence electrons. The Morgan fingerprint density at radius 1 is 1.00 bits per heavy atom. The number of hydrogen-bond donors (Lipinski definition) is 3. The summed E-state index contributed by atoms with van der Waals surface area (Å²) in [4.78, 5) is 34.4. The van der Waals surface area contributed by atoms with Gasteiger partial charge in [0.2, 0.25) is 0 Å². The van der Waals surface area contributed by atoms with Gasteiger partial charge in [0.1, 0.15) is 5.75 Å². The third kappa shape index (κ3) is 6.90. The quantitative estimate of drug-likeness (QED) is 0.594. The fourth-order valence-electron chi connectivity index (χ4n) is 2.08. The molecule has 28 heavy (non-hydrogen) atoms. The third-order valence-corrected chi connectivity index (χ3v) is 3.35. The maximum absolute atomic E-state index is 12.1. The lowest BCUT2D eigenvalue weighted by atomic mass is 10.1. The van der Waals surface area contributed by atoms with E-state index in [1.165, 1.54) is 36.4 Å². The lowest BCUT2D eigenvalue weighted by Crippen LogP contribution is -2.28. The second-order valence-electron chi connectivity index (χ2n) is 5.44. The molecule has 0 aliphatic heterocycles. The molecule has 2 rings (SSSR count). The maximum Gasteiger partial charge on any atom is 0.387 e. The van der Waals surface area contributed by atoms with Gasteiger partial charge < -0.3 is 25.8 Å². The minimum absolute atomic E-state index is 0.0473. The van der Waals surface area contributed by atoms with Crippen LogP contribution in [-0.2, 0) is 16.1 Å². The number of primary amides is 1. The van der Waals surface area contributed by atoms with Gasteiger partial charge in [0.25, 0.3) is 5.91 Å². The molecule has 0 aromatic heterocycles. The van der Waals surface area contributed by atoms with Gasteiger partial charge in [-0.3, -0.25) is 4.79 Å². The van der Waals surface area contributed by atoms with Crippen molar-refractivity contribution in [2.24, 2.45) is 5.73 Å². The molecule has 0 fully saturated rings. The van der Waals surface area contributed by atoms with E-state index in [2.05, 4.69) is 15.4 Å². The molecule has 2 aromatic rings. The van der Waals surface area contributed by atoms with Crippen LogP contribution in [0.3, 0.4) is 0 Å². The van der Waals surface area contributed by atoms with E-state index in [-0.39, 0.29) is 17.9 Å². The zero-order valence-corrected chi connectivity index (χ0v) is 14.5. The van der Waals surface area contributed by atoms with Crippen molar-refractivity contribution in [3.05, 3.63) is 59.7 Å². The number of amides is 3. The van der Waals surface area contributed by atoms with Crippen molar-refractivity contribution in [2.45, 2.75) is 13.2 Å². The number of ether oxygens (including phenoxy) is 2. The molecule has 8 nitrogen and oxygen atoms in total. The fraction of sp³-hybridized carbons (Fsp3) is 0.167. The highest BCUT2D eigenvalue weighted by atomic mass is 19.3. The SMILES string of the molecule is NC(=O)NCc1ccc(C(=O)OCC(=O)Nc2ccc(OC(F)F)cc2)cc1. The highest BCUT2D eigenvalue weighted by Gasteiger charge is 2.11. The molecule has 0 saturated carbocycles. The average Bonchev–Trinajstić information content (AvgIpc) is 2.66. The van der Waals surface area contributed by atoms with E-state index in [9.17, 15) is 23.2 Å². The van der Waals surface area contributed by atoms with Crippen molar-refractivity contribution in [3.63, 3.8) is 0 Å². The Hall–Kier alpha value is -3.69. The topological polar surface area (TPSA) is 120 Å². The molecule has 0 aliphatic carbocycles. The van der Waals surface area contributed by atoms with Crippen LogP contribution in [0.15, 0.2) is 48.5 Å². The van der Waals surface area contributed by atoms with Gasteiger partial charge >= 0.3 is 18.6 Å². The minimum atomic E-state index is -2.94. The normalized spacial score (nSPS) is 10.2. The molecule has 0 spiro atoms. The monoisotopic (exact) mass is 393 g/mol. The van der Waals surface area contributed by atoms with Crippen LogP contribution in [0.2, 0.25) is 0 Å². The summed E-state index contributed by atoms with van der Waals surface area (Å²) in [6.45, 7) is -3.25. The van der Waals surface area contributed by atoms with E-state index in [4.69, 9.17) is 10.5 Å². The number of alkyl halides is 2. The van der Waals surface area contributed by atoms with Crippen LogP contribution in [0.5, 0.6) is 5.75 Å². The first-order chi connectivity index (χ1) is 13.3. The van der Waals surface area contributed by atoms with Crippen LogP contribution < -0.4 is 21.1 Å². The standard InChI is InChI=1S/C18H17F2N3O5/c19-17(20)28-14-7-5-13(6-8-14)23-15(24)10-27-16(25)12-3-1-11(2-4-12)9-22-18(21)26/h1-8,17H,9-10H2,(H,23,24)(H3,21,22,26). The van der Waals surface area contributed by atoms with Crippen LogP contribution in [-0.4, -0.2) is 31.1 Å². The first-order valence-corrected chi connectivity index (χ1v) is 7.97. The summed E-state index contributed by atoms with van der Waals surface area (Å²) in [5, 5.41) is 4.87. The van der Waals surface area contributed by atoms with Crippen LogP contribution >= 0.6 is 0 Å². The molecule has 0 radical (unpaired) electrons. The number of halogens is 2. The number of esters is 1. The molecule has 0 heterocycles. The predicted molar refractivity (Wildman–Crippen MR) is 94.9 cm³/mol. The van der Waals surface area contributed by atoms with E-state index in [0.29, 0.717) is 5.69 Å². The molecule has 0 atom stereocenters. The Labute approximate surface area is 158 Å². The van der Waals surface area contributed by atoms with E-state index in [1.54, 1.807) is 12.1 Å². The highest BCUT2D eigenvalue weighted by Crippen LogP contribution is 2.17. The first-order valence-electron chi connectivity index (χ1n) is 7.97. The Morgan fingerprint density at radius 2 is 1.64 bits per heavy atom. The number of carbonyl (C=O) groups excluding carboxylic acids is 3. The van der Waals surface area contributed by atoms with Gasteiger partial charge in [-0.25, -0.2) is 9.59 Å². The number of rotatable bonds is 8. The molecule has 0 saturated heterocycles. The maximum atomic E-state index is 12.1. The second-order valence-corrected chi connectivity index (χ2v) is 5.44. The summed E-state index contributed by atoms with van der Waals surface area (Å²) in [7, 11) is 0. The molecule has 3 amide bonds. The summed E-state index contributed by atoms with van der Waals surface area (Å²) in [6, 6.07) is 10.8. The van der Waals surface area contributed by atoms with E-state index in [0.717, 1.165) is 5.56 Å². The van der Waals surface area contributed by atoms with Crippen LogP contribution in [0.4, 0.5) is 19.3 Å². The Kier molecular flexibility index (Phi) is 7.26. The van der Waals surface area contributed by atoms with Crippen molar-refractivity contribution in [1.29, 1.82) is 0 Å². The van der Waals surface area contributed by atoms with Crippen molar-refractivity contribution >= 4 is 23.6 Å². The van der Waals surface area contributed by atoms with E-state index in [1.807, 2.05) is 0 Å². The van der Waals surface area contributed by atoms with Crippen molar-refractivity contribution in [3.8, 4) is 5.75 Å². The first kappa shape index (κ1) is 20.6. The number of carbonyl (C=O) groups is 3. The van der Waals surface area contributed by atoms with E-state index < -0.39 is 31.1 Å². The molecular weight excluding hydrogens is 376 g/mol. The molecule has 0 bridgehead atoms. The van der Waals surface area contributed by atoms with Gasteiger partial charge in [0.15, 0.2) is 6.61 Å². The Bertz CT molecular complexity index is 826. The molecule has 0 unspecified atom stereocenters. The van der Waals surface area contributed by atoms with Crippen LogP contribution in [0.25, 0.3) is 0 Å². The lowest BCUT2D eigenvalue weighted by molar-refractivity contribution is -0.119. The zero-order chi connectivity index (χ0) is 20.5. The molecule has 2 aromatic carbocycles. The van der Waals surface area contributed by atoms with Gasteiger partial charge in [-0.05, 0) is 42.0 Å². The summed E-state index contributed by atoms with van der Waals surface area (Å²) in [6.07, 6.45) is 0. The fourth-order valence-corrected chi connectivity index (χ4v) is 2.08. The minimum Gasteiger partial charge on any atom is -0.452 e. The summed E-state index contributed by atoms with van der Waals surface area (Å²) in [5.74, 6) is -1.35. The number of nitrogens with one attached hydrogen (secondary N) is 2. The number of urea groups is 1. The molecule has 10 heteroatoms. The second kappa shape index (κ2) is 9.86. The largest absolute Gasteiger partial charge is 0.452 e. The van der Waals surface area contributed by atoms with Crippen LogP contribution in [0.1, 0.15) is 15.9 Å². The van der Waals surface area contributed by atoms with Crippen molar-refractivity contribution in [1.82, 2.24) is 5.32 Å². The average molecular weight is 393 g/mol. The molecule has 0 aliphatic rings. The summed E-state index contributed by atoms with van der Waals surface area (Å²) < 4.78 is 33.3. The van der Waals surface area contributed by atoms with Crippen molar-refractivity contribution in [2.75, 3.05) is 11.9 Å². The van der Waals surface area contributed by atoms with E-state index >= 15 is 0 Å². The highest BCUT2D eigenvalue weighted by molar-refractivity contribution is 5.95. The smallest absolute Gasteiger partial charge is 0.387 e. The van der Waals surface area contributed by atoms with Crippen LogP contribution in [0, 0.1) is 0 Å². The van der Waals surface area contributed by atoms with Gasteiger partial charge in [-0.2, -0.15) is 8.78 Å². The third-order valence-electron chi connectivity index (χ3n) is 3.35. The molecular formula is C18H17F2N3O5. The predicted octanol–water partition coefficient (Wildman–Crippen LogP) is 2.25. The zero-order valence-electron chi connectivity index (χ0n) is 14.5. The van der Waals surface area contributed by atoms with Gasteiger partial charge in [-0.15, -0.1) is 0 Å².